The molecule has 6 nitrogen and oxygen atoms in total. The molecule has 0 unspecified atom stereocenters. The van der Waals surface area contributed by atoms with Gasteiger partial charge in [-0.3, -0.25) is 4.90 Å². The third kappa shape index (κ3) is 4.27. The number of hydrogen-bond acceptors (Lipinski definition) is 4. The molecule has 144 valence electrons. The first-order chi connectivity index (χ1) is 12.4. The van der Waals surface area contributed by atoms with E-state index >= 15 is 0 Å². The molecule has 1 aliphatic carbocycles. The van der Waals surface area contributed by atoms with E-state index in [1.807, 2.05) is 6.07 Å². The molecule has 1 saturated carbocycles. The highest BCUT2D eigenvalue weighted by atomic mass is 32.2. The number of imidazole rings is 1. The molecule has 2 N–H and O–H groups in total. The Bertz CT molecular complexity index is 854. The second-order valence-electron chi connectivity index (χ2n) is 7.44. The predicted molar refractivity (Wildman–Crippen MR) is 104 cm³/mol. The van der Waals surface area contributed by atoms with Gasteiger partial charge in [0.1, 0.15) is 5.82 Å². The van der Waals surface area contributed by atoms with Crippen molar-refractivity contribution in [2.75, 3.05) is 7.05 Å². The lowest BCUT2D eigenvalue weighted by molar-refractivity contribution is 0.179. The zero-order chi connectivity index (χ0) is 18.7. The molecule has 7 heteroatoms. The molecule has 1 fully saturated rings. The maximum atomic E-state index is 11.7. The van der Waals surface area contributed by atoms with Crippen LogP contribution in [0.2, 0.25) is 0 Å². The van der Waals surface area contributed by atoms with E-state index in [1.165, 1.54) is 32.1 Å². The van der Waals surface area contributed by atoms with Gasteiger partial charge in [0.2, 0.25) is 10.0 Å². The maximum absolute atomic E-state index is 11.7. The zero-order valence-electron chi connectivity index (χ0n) is 15.8. The van der Waals surface area contributed by atoms with Gasteiger partial charge in [-0.15, -0.1) is 0 Å². The van der Waals surface area contributed by atoms with E-state index in [9.17, 15) is 8.42 Å². The fourth-order valence-electron chi connectivity index (χ4n) is 3.90. The summed E-state index contributed by atoms with van der Waals surface area (Å²) in [5.41, 5.74) is 1.69. The molecule has 2 aromatic rings. The van der Waals surface area contributed by atoms with Crippen molar-refractivity contribution in [2.24, 2.45) is 5.14 Å². The van der Waals surface area contributed by atoms with Crippen LogP contribution in [0.4, 0.5) is 0 Å². The molecule has 1 heterocycles. The number of nitrogens with two attached hydrogens (primary N) is 1. The van der Waals surface area contributed by atoms with Crippen molar-refractivity contribution in [3.63, 3.8) is 0 Å². The average molecular weight is 379 g/mol. The predicted octanol–water partition coefficient (Wildman–Crippen LogP) is 3.25. The molecule has 1 aromatic heterocycles. The molecule has 3 rings (SSSR count). The van der Waals surface area contributed by atoms with Crippen LogP contribution >= 0.6 is 0 Å². The number of primary sulfonamides is 1. The van der Waals surface area contributed by atoms with Crippen LogP contribution in [-0.2, 0) is 23.1 Å². The van der Waals surface area contributed by atoms with Crippen molar-refractivity contribution in [1.82, 2.24) is 14.5 Å². The Morgan fingerprint density at radius 2 is 2.00 bits per heavy atom. The second-order valence-corrected chi connectivity index (χ2v) is 9.00. The van der Waals surface area contributed by atoms with Crippen LogP contribution < -0.4 is 5.14 Å². The summed E-state index contributed by atoms with van der Waals surface area (Å²) in [6.45, 7) is 3.86. The lowest BCUT2D eigenvalue weighted by atomic mass is 9.94. The molecule has 0 atom stereocenters. The first kappa shape index (κ1) is 19.3. The highest BCUT2D eigenvalue weighted by Gasteiger charge is 2.21. The minimum Gasteiger partial charge on any atom is -0.327 e. The summed E-state index contributed by atoms with van der Waals surface area (Å²) in [5, 5.41) is 5.28. The van der Waals surface area contributed by atoms with Gasteiger partial charge >= 0.3 is 0 Å². The van der Waals surface area contributed by atoms with Crippen LogP contribution in [0.5, 0.6) is 0 Å². The lowest BCUT2D eigenvalue weighted by Gasteiger charge is -2.31. The molecule has 0 spiro atoms. The van der Waals surface area contributed by atoms with E-state index in [0.29, 0.717) is 11.6 Å². The minimum atomic E-state index is -3.71. The third-order valence-corrected chi connectivity index (χ3v) is 6.36. The van der Waals surface area contributed by atoms with Crippen molar-refractivity contribution in [1.29, 1.82) is 0 Å². The third-order valence-electron chi connectivity index (χ3n) is 5.45. The first-order valence-electron chi connectivity index (χ1n) is 9.62. The Morgan fingerprint density at radius 1 is 1.27 bits per heavy atom. The number of sulfonamides is 1. The van der Waals surface area contributed by atoms with Gasteiger partial charge in [0.25, 0.3) is 0 Å². The first-order valence-corrected chi connectivity index (χ1v) is 11.2. The molecule has 0 saturated heterocycles. The Kier molecular flexibility index (Phi) is 5.99. The average Bonchev–Trinajstić information content (AvgIpc) is 2.96. The minimum absolute atomic E-state index is 0.123. The van der Waals surface area contributed by atoms with Crippen molar-refractivity contribution in [3.8, 4) is 0 Å². The summed E-state index contributed by atoms with van der Waals surface area (Å²) in [6, 6.07) is 5.62. The van der Waals surface area contributed by atoms with Gasteiger partial charge in [-0.1, -0.05) is 32.6 Å². The van der Waals surface area contributed by atoms with Gasteiger partial charge in [0.15, 0.2) is 0 Å². The van der Waals surface area contributed by atoms with Crippen molar-refractivity contribution < 1.29 is 8.42 Å². The van der Waals surface area contributed by atoms with Gasteiger partial charge in [0, 0.05) is 12.6 Å². The zero-order valence-corrected chi connectivity index (χ0v) is 16.6. The number of unbranched alkanes of at least 4 members (excludes halogenated alkanes) is 1. The Balaban J connectivity index is 1.93. The van der Waals surface area contributed by atoms with E-state index in [-0.39, 0.29) is 4.90 Å². The Morgan fingerprint density at radius 3 is 2.65 bits per heavy atom. The van der Waals surface area contributed by atoms with E-state index in [4.69, 9.17) is 10.1 Å². The van der Waals surface area contributed by atoms with Crippen LogP contribution in [0.1, 0.15) is 57.7 Å². The highest BCUT2D eigenvalue weighted by molar-refractivity contribution is 7.89. The number of hydrogen-bond donors (Lipinski definition) is 1. The van der Waals surface area contributed by atoms with Crippen LogP contribution in [0.15, 0.2) is 23.1 Å². The Hall–Kier alpha value is -1.44. The van der Waals surface area contributed by atoms with Gasteiger partial charge in [-0.05, 0) is 44.5 Å². The van der Waals surface area contributed by atoms with Gasteiger partial charge < -0.3 is 4.57 Å². The molecule has 1 aromatic carbocycles. The number of fused-ring (bicyclic) bond motifs is 1. The SMILES string of the molecule is CCCCn1c(CN(C)C2CCCCC2)nc2cc(S(N)(=O)=O)ccc21. The van der Waals surface area contributed by atoms with E-state index in [2.05, 4.69) is 23.4 Å². The van der Waals surface area contributed by atoms with Crippen molar-refractivity contribution in [2.45, 2.75) is 75.9 Å². The van der Waals surface area contributed by atoms with E-state index < -0.39 is 10.0 Å². The molecular weight excluding hydrogens is 348 g/mol. The molecule has 26 heavy (non-hydrogen) atoms. The summed E-state index contributed by atoms with van der Waals surface area (Å²) >= 11 is 0. The normalized spacial score (nSPS) is 16.6. The molecule has 0 aliphatic heterocycles. The number of rotatable bonds is 7. The van der Waals surface area contributed by atoms with Gasteiger partial charge in [-0.2, -0.15) is 0 Å². The largest absolute Gasteiger partial charge is 0.327 e. The monoisotopic (exact) mass is 378 g/mol. The van der Waals surface area contributed by atoms with Gasteiger partial charge in [-0.25, -0.2) is 18.5 Å². The standard InChI is InChI=1S/C19H30N4O2S/c1-3-4-12-23-18-11-10-16(26(20,24)25)13-17(18)21-19(23)14-22(2)15-8-6-5-7-9-15/h10-11,13,15H,3-9,12,14H2,1-2H3,(H2,20,24,25). The van der Waals surface area contributed by atoms with Crippen LogP contribution in [0.3, 0.4) is 0 Å². The van der Waals surface area contributed by atoms with Crippen LogP contribution in [0.25, 0.3) is 11.0 Å². The van der Waals surface area contributed by atoms with Gasteiger partial charge in [0.05, 0.1) is 22.5 Å². The summed E-state index contributed by atoms with van der Waals surface area (Å²) in [4.78, 5) is 7.30. The number of benzene rings is 1. The smallest absolute Gasteiger partial charge is 0.238 e. The van der Waals surface area contributed by atoms with Crippen molar-refractivity contribution in [3.05, 3.63) is 24.0 Å². The molecule has 0 amide bonds. The molecule has 0 radical (unpaired) electrons. The number of aryl methyl sites for hydroxylation is 1. The topological polar surface area (TPSA) is 81.2 Å². The van der Waals surface area contributed by atoms with E-state index in [1.54, 1.807) is 12.1 Å². The summed E-state index contributed by atoms with van der Waals surface area (Å²) < 4.78 is 25.6. The van der Waals surface area contributed by atoms with Crippen LogP contribution in [0, 0.1) is 0 Å². The summed E-state index contributed by atoms with van der Waals surface area (Å²) in [6.07, 6.45) is 8.63. The quantitative estimate of drug-likeness (QED) is 0.802. The maximum Gasteiger partial charge on any atom is 0.238 e. The van der Waals surface area contributed by atoms with Crippen LogP contribution in [-0.4, -0.2) is 36.0 Å². The lowest BCUT2D eigenvalue weighted by Crippen LogP contribution is -2.33. The molecular formula is C19H30N4O2S. The molecule has 1 aliphatic rings. The summed E-state index contributed by atoms with van der Waals surface area (Å²) in [7, 11) is -1.54. The Labute approximate surface area is 156 Å². The second kappa shape index (κ2) is 8.06. The fraction of sp³-hybridized carbons (Fsp3) is 0.632. The van der Waals surface area contributed by atoms with Crippen molar-refractivity contribution >= 4 is 21.1 Å². The fourth-order valence-corrected chi connectivity index (χ4v) is 4.43. The number of nitrogens with zero attached hydrogens (tertiary/aromatic N) is 3. The number of aromatic nitrogens is 2. The molecule has 0 bridgehead atoms. The van der Waals surface area contributed by atoms with E-state index in [0.717, 1.165) is 37.3 Å². The summed E-state index contributed by atoms with van der Waals surface area (Å²) in [5.74, 6) is 1.01. The highest BCUT2D eigenvalue weighted by Crippen LogP contribution is 2.25.